The van der Waals surface area contributed by atoms with Crippen molar-refractivity contribution in [2.24, 2.45) is 0 Å². The van der Waals surface area contributed by atoms with Crippen LogP contribution in [0.4, 0.5) is 0 Å². The van der Waals surface area contributed by atoms with Crippen molar-refractivity contribution in [2.75, 3.05) is 0 Å². The number of hydrogen-bond donors (Lipinski definition) is 0. The van der Waals surface area contributed by atoms with Crippen LogP contribution in [0, 0.1) is 10.7 Å². The van der Waals surface area contributed by atoms with Crippen LogP contribution in [-0.4, -0.2) is 4.98 Å². The minimum Gasteiger partial charge on any atom is -0.240 e. The van der Waals surface area contributed by atoms with Crippen LogP contribution < -0.4 is 0 Å². The molecule has 2 rings (SSSR count). The fraction of sp³-hybridized carbons (Fsp3) is 0.286. The predicted molar refractivity (Wildman–Crippen MR) is 72.0 cm³/mol. The molecule has 0 N–H and O–H groups in total. The average Bonchev–Trinajstić information content (AvgIpc) is 2.37. The van der Waals surface area contributed by atoms with Crippen LogP contribution in [0.5, 0.6) is 0 Å². The van der Waals surface area contributed by atoms with E-state index in [0.29, 0.717) is 0 Å². The number of aryl methyl sites for hydroxylation is 1. The largest absolute Gasteiger partial charge is 0.240 e. The molecule has 0 fully saturated rings. The summed E-state index contributed by atoms with van der Waals surface area (Å²) in [5.41, 5.74) is 3.54. The lowest BCUT2D eigenvalue weighted by molar-refractivity contribution is 0.965. The molecular formula is C14H14N2S. The minimum absolute atomic E-state index is 0.866. The van der Waals surface area contributed by atoms with Crippen LogP contribution in [0.3, 0.4) is 0 Å². The normalized spacial score (nSPS) is 10.4. The summed E-state index contributed by atoms with van der Waals surface area (Å²) in [6.45, 7) is 4.27. The van der Waals surface area contributed by atoms with Crippen molar-refractivity contribution in [3.63, 3.8) is 0 Å². The van der Waals surface area contributed by atoms with Crippen molar-refractivity contribution in [3.8, 4) is 5.40 Å². The molecule has 3 heteroatoms. The Morgan fingerprint density at radius 3 is 2.53 bits per heavy atom. The van der Waals surface area contributed by atoms with E-state index in [9.17, 15) is 0 Å². The second kappa shape index (κ2) is 5.20. The highest BCUT2D eigenvalue weighted by Gasteiger charge is 2.12. The zero-order valence-corrected chi connectivity index (χ0v) is 10.8. The SMILES string of the molecule is CCc1c(SC#N)nc2ccccc2c1CC. The molecule has 0 atom stereocenters. The fourth-order valence-electron chi connectivity index (χ4n) is 2.19. The highest BCUT2D eigenvalue weighted by molar-refractivity contribution is 8.03. The van der Waals surface area contributed by atoms with Crippen LogP contribution in [0.25, 0.3) is 10.9 Å². The summed E-state index contributed by atoms with van der Waals surface area (Å²) in [4.78, 5) is 4.58. The van der Waals surface area contributed by atoms with E-state index in [1.54, 1.807) is 0 Å². The lowest BCUT2D eigenvalue weighted by Gasteiger charge is -2.12. The number of fused-ring (bicyclic) bond motifs is 1. The van der Waals surface area contributed by atoms with Crippen LogP contribution in [0.15, 0.2) is 29.3 Å². The number of nitriles is 1. The van der Waals surface area contributed by atoms with Gasteiger partial charge in [-0.15, -0.1) is 0 Å². The Hall–Kier alpha value is -1.53. The number of pyridine rings is 1. The van der Waals surface area contributed by atoms with Gasteiger partial charge in [0.2, 0.25) is 0 Å². The van der Waals surface area contributed by atoms with Crippen LogP contribution in [0.1, 0.15) is 25.0 Å². The van der Waals surface area contributed by atoms with E-state index >= 15 is 0 Å². The van der Waals surface area contributed by atoms with Gasteiger partial charge in [-0.05, 0) is 30.0 Å². The van der Waals surface area contributed by atoms with Crippen molar-refractivity contribution in [3.05, 3.63) is 35.4 Å². The molecule has 0 saturated carbocycles. The molecule has 0 saturated heterocycles. The lowest BCUT2D eigenvalue weighted by atomic mass is 10.00. The number of thiocyanates is 1. The number of rotatable bonds is 3. The van der Waals surface area contributed by atoms with Gasteiger partial charge in [-0.25, -0.2) is 4.98 Å². The highest BCUT2D eigenvalue weighted by atomic mass is 32.2. The van der Waals surface area contributed by atoms with Crippen molar-refractivity contribution in [2.45, 2.75) is 31.7 Å². The van der Waals surface area contributed by atoms with Gasteiger partial charge in [0, 0.05) is 17.1 Å². The van der Waals surface area contributed by atoms with Gasteiger partial charge in [0.05, 0.1) is 5.52 Å². The monoisotopic (exact) mass is 242 g/mol. The van der Waals surface area contributed by atoms with Gasteiger partial charge < -0.3 is 0 Å². The van der Waals surface area contributed by atoms with Crippen LogP contribution in [-0.2, 0) is 12.8 Å². The van der Waals surface area contributed by atoms with Gasteiger partial charge in [-0.2, -0.15) is 5.26 Å². The van der Waals surface area contributed by atoms with Crippen LogP contribution in [0.2, 0.25) is 0 Å². The summed E-state index contributed by atoms with van der Waals surface area (Å²) in [6.07, 6.45) is 1.90. The first-order valence-electron chi connectivity index (χ1n) is 5.78. The molecule has 0 aliphatic carbocycles. The molecule has 0 radical (unpaired) electrons. The molecule has 17 heavy (non-hydrogen) atoms. The molecule has 0 aliphatic rings. The zero-order chi connectivity index (χ0) is 12.3. The van der Waals surface area contributed by atoms with E-state index in [1.807, 2.05) is 18.2 Å². The summed E-state index contributed by atoms with van der Waals surface area (Å²) >= 11 is 1.17. The number of hydrogen-bond acceptors (Lipinski definition) is 3. The first-order valence-corrected chi connectivity index (χ1v) is 6.59. The number of para-hydroxylation sites is 1. The average molecular weight is 242 g/mol. The Balaban J connectivity index is 2.79. The van der Waals surface area contributed by atoms with Crippen molar-refractivity contribution < 1.29 is 0 Å². The minimum atomic E-state index is 0.866. The predicted octanol–water partition coefficient (Wildman–Crippen LogP) is 3.93. The maximum Gasteiger partial charge on any atom is 0.140 e. The zero-order valence-electron chi connectivity index (χ0n) is 10.0. The molecule has 0 aliphatic heterocycles. The van der Waals surface area contributed by atoms with Gasteiger partial charge in [-0.3, -0.25) is 0 Å². The summed E-state index contributed by atoms with van der Waals surface area (Å²) in [5.74, 6) is 0. The third-order valence-electron chi connectivity index (χ3n) is 2.92. The first kappa shape index (κ1) is 11.9. The highest BCUT2D eigenvalue weighted by Crippen LogP contribution is 2.29. The van der Waals surface area contributed by atoms with Gasteiger partial charge in [0.1, 0.15) is 10.4 Å². The van der Waals surface area contributed by atoms with E-state index in [-0.39, 0.29) is 0 Å². The molecule has 0 unspecified atom stereocenters. The molecule has 86 valence electrons. The summed E-state index contributed by atoms with van der Waals surface area (Å²) < 4.78 is 0. The topological polar surface area (TPSA) is 36.7 Å². The molecule has 1 heterocycles. The van der Waals surface area contributed by atoms with Crippen molar-refractivity contribution >= 4 is 22.7 Å². The molecule has 0 bridgehead atoms. The van der Waals surface area contributed by atoms with E-state index in [1.165, 1.54) is 28.3 Å². The maximum absolute atomic E-state index is 8.85. The van der Waals surface area contributed by atoms with Gasteiger partial charge in [0.15, 0.2) is 0 Å². The Morgan fingerprint density at radius 1 is 1.18 bits per heavy atom. The maximum atomic E-state index is 8.85. The van der Waals surface area contributed by atoms with E-state index in [0.717, 1.165) is 23.4 Å². The number of nitrogens with zero attached hydrogens (tertiary/aromatic N) is 2. The third kappa shape index (κ3) is 2.13. The lowest BCUT2D eigenvalue weighted by Crippen LogP contribution is -1.98. The molecule has 0 spiro atoms. The van der Waals surface area contributed by atoms with Gasteiger partial charge in [0.25, 0.3) is 0 Å². The Kier molecular flexibility index (Phi) is 3.65. The van der Waals surface area contributed by atoms with E-state index in [2.05, 4.69) is 30.3 Å². The molecule has 0 amide bonds. The quantitative estimate of drug-likeness (QED) is 0.604. The molecule has 2 nitrogen and oxygen atoms in total. The second-order valence-corrected chi connectivity index (χ2v) is 4.57. The Bertz CT molecular complexity index is 585. The first-order chi connectivity index (χ1) is 8.31. The molecular weight excluding hydrogens is 228 g/mol. The molecule has 1 aromatic carbocycles. The summed E-state index contributed by atoms with van der Waals surface area (Å²) in [7, 11) is 0. The molecule has 1 aromatic heterocycles. The second-order valence-electron chi connectivity index (χ2n) is 3.79. The van der Waals surface area contributed by atoms with Crippen LogP contribution >= 0.6 is 11.8 Å². The smallest absolute Gasteiger partial charge is 0.140 e. The van der Waals surface area contributed by atoms with Crippen molar-refractivity contribution in [1.82, 2.24) is 4.98 Å². The number of thioether (sulfide) groups is 1. The summed E-state index contributed by atoms with van der Waals surface area (Å²) in [6, 6.07) is 8.15. The Morgan fingerprint density at radius 2 is 1.88 bits per heavy atom. The molecule has 2 aromatic rings. The van der Waals surface area contributed by atoms with E-state index in [4.69, 9.17) is 5.26 Å². The van der Waals surface area contributed by atoms with Gasteiger partial charge >= 0.3 is 0 Å². The standard InChI is InChI=1S/C14H14N2S/c1-3-10-11(4-2)14(17-9-15)16-13-8-6-5-7-12(10)13/h5-8H,3-4H2,1-2H3. The Labute approximate surface area is 106 Å². The number of aromatic nitrogens is 1. The van der Waals surface area contributed by atoms with Gasteiger partial charge in [-0.1, -0.05) is 32.0 Å². The third-order valence-corrected chi connectivity index (χ3v) is 3.55. The number of benzene rings is 1. The summed E-state index contributed by atoms with van der Waals surface area (Å²) in [5, 5.41) is 13.1. The fourth-order valence-corrected chi connectivity index (χ4v) is 2.81. The van der Waals surface area contributed by atoms with Crippen molar-refractivity contribution in [1.29, 1.82) is 5.26 Å². The van der Waals surface area contributed by atoms with E-state index < -0.39 is 0 Å².